The van der Waals surface area contributed by atoms with Crippen molar-refractivity contribution in [1.82, 2.24) is 58.1 Å². The van der Waals surface area contributed by atoms with E-state index in [0.717, 1.165) is 27.3 Å². The number of nitrogens with zero attached hydrogens (tertiary/aromatic N) is 1. The van der Waals surface area contributed by atoms with Crippen LogP contribution in [0.1, 0.15) is 104 Å². The van der Waals surface area contributed by atoms with Crippen molar-refractivity contribution in [2.24, 2.45) is 29.0 Å². The molecule has 0 radical (unpaired) electrons. The van der Waals surface area contributed by atoms with Gasteiger partial charge in [0, 0.05) is 48.3 Å². The summed E-state index contributed by atoms with van der Waals surface area (Å²) in [7, 11) is 1.97. The summed E-state index contributed by atoms with van der Waals surface area (Å²) in [5.74, 6) is -10.8. The van der Waals surface area contributed by atoms with Crippen molar-refractivity contribution in [3.63, 3.8) is 0 Å². The standard InChI is InChI=1S/C53H80N14O14S3/c1-5-27(4)43-51(79)59-30(16-17-39(54)69)46(74)61-33(21-40(55)70)47(75)63-36(52(80)67-18-8-9-37(67)50(78)62-31(19-26(2)3)45(73)57-22-41(56)71)25-84-83-24-35(49(77)60-32(48(76)65-43)20-28-12-14-29(68)15-13-28)58-42(72)11-7-6-10-38-44-34(23-82-38)64-53(81)66-44/h12-15,26-27,30-38,43-44,68H,5-11,16-25H2,1-4H3,(H2,54,69)(H2,55,70)(H2,56,71)(H,57,73)(H,58,72)(H,59,79)(H,60,77)(H,61,74)(H,62,78)(H,63,75)(H,65,76)(H2,64,66,81)/t27-,30?,31-,32-,33-,34-,35-,36?,37-,38-,43?,44-/m0/s1. The van der Waals surface area contributed by atoms with Gasteiger partial charge in [-0.3, -0.25) is 57.5 Å². The number of rotatable bonds is 23. The molecule has 5 rings (SSSR count). The minimum absolute atomic E-state index is 0.00564. The third-order valence-electron chi connectivity index (χ3n) is 14.7. The zero-order valence-corrected chi connectivity index (χ0v) is 49.9. The Hall–Kier alpha value is -7.02. The van der Waals surface area contributed by atoms with Gasteiger partial charge in [0.1, 0.15) is 54.1 Å². The molecule has 0 saturated carbocycles. The Bertz CT molecular complexity index is 2580. The van der Waals surface area contributed by atoms with Crippen molar-refractivity contribution in [2.75, 3.05) is 30.3 Å². The van der Waals surface area contributed by atoms with Gasteiger partial charge in [-0.1, -0.05) is 74.3 Å². The number of urea groups is 1. The molecule has 14 amide bonds. The molecule has 4 fully saturated rings. The Morgan fingerprint density at radius 1 is 0.726 bits per heavy atom. The number of amides is 14. The molecule has 17 N–H and O–H groups in total. The number of phenols is 1. The molecule has 12 atom stereocenters. The van der Waals surface area contributed by atoms with E-state index < -0.39 is 151 Å². The fraction of sp³-hybridized carbons (Fsp3) is 0.642. The molecule has 28 nitrogen and oxygen atoms in total. The number of thioether (sulfide) groups is 1. The van der Waals surface area contributed by atoms with E-state index >= 15 is 0 Å². The molecule has 0 aliphatic carbocycles. The van der Waals surface area contributed by atoms with Crippen LogP contribution >= 0.6 is 33.3 Å². The number of hydrogen-bond acceptors (Lipinski definition) is 17. The highest BCUT2D eigenvalue weighted by atomic mass is 33.1. The Balaban J connectivity index is 1.50. The molecule has 464 valence electrons. The number of likely N-dealkylation sites (tertiary alicyclic amines) is 1. The molecule has 1 aromatic rings. The molecule has 0 bridgehead atoms. The van der Waals surface area contributed by atoms with E-state index in [9.17, 15) is 67.4 Å². The topological polar surface area (TPSA) is 444 Å². The van der Waals surface area contributed by atoms with Crippen LogP contribution in [-0.2, 0) is 64.0 Å². The molecule has 4 aliphatic heterocycles. The number of nitrogens with two attached hydrogens (primary N) is 3. The average molecular weight is 1230 g/mol. The van der Waals surface area contributed by atoms with Gasteiger partial charge in [-0.2, -0.15) is 11.8 Å². The zero-order chi connectivity index (χ0) is 61.8. The third kappa shape index (κ3) is 20.9. The van der Waals surface area contributed by atoms with E-state index in [1.165, 1.54) is 29.2 Å². The van der Waals surface area contributed by atoms with Gasteiger partial charge in [0.05, 0.1) is 25.0 Å². The fourth-order valence-electron chi connectivity index (χ4n) is 9.98. The van der Waals surface area contributed by atoms with Crippen LogP contribution in [-0.4, -0.2) is 183 Å². The minimum Gasteiger partial charge on any atom is -0.508 e. The number of phenolic OH excluding ortho intramolecular Hbond substituents is 1. The molecule has 4 aliphatic rings. The summed E-state index contributed by atoms with van der Waals surface area (Å²) < 4.78 is 0. The highest BCUT2D eigenvalue weighted by Crippen LogP contribution is 2.33. The lowest BCUT2D eigenvalue weighted by Crippen LogP contribution is -2.62. The summed E-state index contributed by atoms with van der Waals surface area (Å²) in [6.07, 6.45) is 0.712. The lowest BCUT2D eigenvalue weighted by molar-refractivity contribution is -0.142. The molecule has 1 aromatic carbocycles. The summed E-state index contributed by atoms with van der Waals surface area (Å²) in [6.45, 7) is 6.50. The largest absolute Gasteiger partial charge is 0.508 e. The van der Waals surface area contributed by atoms with Crippen LogP contribution in [0, 0.1) is 11.8 Å². The Morgan fingerprint density at radius 3 is 2.06 bits per heavy atom. The number of carbonyl (C=O) groups is 13. The van der Waals surface area contributed by atoms with Gasteiger partial charge in [0.25, 0.3) is 0 Å². The van der Waals surface area contributed by atoms with Gasteiger partial charge in [0.2, 0.25) is 70.9 Å². The second-order valence-corrected chi connectivity index (χ2v) is 25.6. The number of carbonyl (C=O) groups excluding carboxylic acids is 13. The maximum Gasteiger partial charge on any atom is 0.315 e. The predicted molar refractivity (Wildman–Crippen MR) is 312 cm³/mol. The van der Waals surface area contributed by atoms with Gasteiger partial charge >= 0.3 is 6.03 Å². The van der Waals surface area contributed by atoms with Crippen LogP contribution in [0.4, 0.5) is 4.79 Å². The highest BCUT2D eigenvalue weighted by molar-refractivity contribution is 8.76. The molecular weight excluding hydrogens is 1150 g/mol. The molecule has 31 heteroatoms. The zero-order valence-electron chi connectivity index (χ0n) is 47.5. The summed E-state index contributed by atoms with van der Waals surface area (Å²) in [6, 6.07) is -5.93. The molecule has 84 heavy (non-hydrogen) atoms. The molecule has 0 aromatic heterocycles. The fourth-order valence-corrected chi connectivity index (χ4v) is 13.8. The number of nitrogens with one attached hydrogen (secondary N) is 10. The first-order valence-corrected chi connectivity index (χ1v) is 31.6. The van der Waals surface area contributed by atoms with E-state index in [2.05, 4.69) is 53.2 Å². The van der Waals surface area contributed by atoms with Gasteiger partial charge in [-0.15, -0.1) is 0 Å². The van der Waals surface area contributed by atoms with Crippen molar-refractivity contribution in [3.05, 3.63) is 29.8 Å². The van der Waals surface area contributed by atoms with Gasteiger partial charge in [0.15, 0.2) is 0 Å². The maximum absolute atomic E-state index is 14.9. The summed E-state index contributed by atoms with van der Waals surface area (Å²) >= 11 is 1.73. The van der Waals surface area contributed by atoms with Crippen molar-refractivity contribution in [1.29, 1.82) is 0 Å². The van der Waals surface area contributed by atoms with E-state index in [1.54, 1.807) is 25.6 Å². The summed E-state index contributed by atoms with van der Waals surface area (Å²) in [5, 5.41) is 36.9. The van der Waals surface area contributed by atoms with Crippen LogP contribution in [0.5, 0.6) is 5.75 Å². The highest BCUT2D eigenvalue weighted by Gasteiger charge is 2.44. The average Bonchev–Trinajstić information content (AvgIpc) is 4.40. The molecular formula is C53H80N14O14S3. The molecule has 4 heterocycles. The number of unbranched alkanes of at least 4 members (excludes halogenated alkanes) is 1. The SMILES string of the molecule is CC[C@H](C)C1NC(=O)[C@H](Cc2ccc(O)cc2)NC(=O)[C@@H](NC(=O)CCCC[C@@H]2SC[C@@H]3NC(=O)N[C@@H]32)CSSCC(C(=O)N2CCC[C@H]2C(=O)N[C@@H](CC(C)C)C(=O)NCC(N)=O)NC(=O)[C@H](CC(N)=O)NC(=O)C(CCC(N)=O)NC1=O. The van der Waals surface area contributed by atoms with Crippen LogP contribution in [0.2, 0.25) is 0 Å². The predicted octanol–water partition coefficient (Wildman–Crippen LogP) is -2.73. The first kappa shape index (κ1) is 67.8. The number of fused-ring (bicyclic) bond motifs is 1. The van der Waals surface area contributed by atoms with Crippen molar-refractivity contribution < 1.29 is 67.4 Å². The van der Waals surface area contributed by atoms with E-state index in [4.69, 9.17) is 17.2 Å². The first-order chi connectivity index (χ1) is 39.8. The second-order valence-electron chi connectivity index (χ2n) is 21.8. The quantitative estimate of drug-likeness (QED) is 0.0301. The van der Waals surface area contributed by atoms with Crippen LogP contribution < -0.4 is 70.4 Å². The molecule has 0 spiro atoms. The number of benzene rings is 1. The maximum atomic E-state index is 14.9. The van der Waals surface area contributed by atoms with E-state index in [1.807, 2.05) is 13.8 Å². The summed E-state index contributed by atoms with van der Waals surface area (Å²) in [4.78, 5) is 177. The summed E-state index contributed by atoms with van der Waals surface area (Å²) in [5.41, 5.74) is 16.8. The van der Waals surface area contributed by atoms with Gasteiger partial charge < -0.3 is 80.4 Å². The van der Waals surface area contributed by atoms with Crippen molar-refractivity contribution in [3.8, 4) is 5.75 Å². The molecule has 3 unspecified atom stereocenters. The van der Waals surface area contributed by atoms with Crippen molar-refractivity contribution >= 4 is 110 Å². The lowest BCUT2D eigenvalue weighted by atomic mass is 9.96. The third-order valence-corrected chi connectivity index (χ3v) is 18.6. The molecule has 4 saturated heterocycles. The van der Waals surface area contributed by atoms with Gasteiger partial charge in [-0.05, 0) is 68.1 Å². The Morgan fingerprint density at radius 2 is 1.39 bits per heavy atom. The normalized spacial score (nSPS) is 26.1. The lowest BCUT2D eigenvalue weighted by Gasteiger charge is -2.31. The van der Waals surface area contributed by atoms with Crippen LogP contribution in [0.3, 0.4) is 0 Å². The minimum atomic E-state index is -1.81. The smallest absolute Gasteiger partial charge is 0.315 e. The Kier molecular flexibility index (Phi) is 26.5. The monoisotopic (exact) mass is 1230 g/mol. The second kappa shape index (κ2) is 32.9. The number of hydrogen-bond donors (Lipinski definition) is 14. The first-order valence-electron chi connectivity index (χ1n) is 28.1. The number of primary amides is 3. The van der Waals surface area contributed by atoms with E-state index in [-0.39, 0.29) is 78.8 Å². The number of aromatic hydroxyl groups is 1. The van der Waals surface area contributed by atoms with E-state index in [0.29, 0.717) is 37.7 Å². The van der Waals surface area contributed by atoms with Crippen LogP contribution in [0.15, 0.2) is 24.3 Å². The van der Waals surface area contributed by atoms with Gasteiger partial charge in [-0.25, -0.2) is 4.79 Å². The van der Waals surface area contributed by atoms with Crippen molar-refractivity contribution in [2.45, 2.75) is 170 Å². The van der Waals surface area contributed by atoms with Crippen LogP contribution in [0.25, 0.3) is 0 Å². The Labute approximate surface area is 499 Å².